The van der Waals surface area contributed by atoms with Crippen LogP contribution in [0.1, 0.15) is 28.0 Å². The van der Waals surface area contributed by atoms with Crippen LogP contribution in [0.3, 0.4) is 0 Å². The van der Waals surface area contributed by atoms with Crippen LogP contribution < -0.4 is 11.3 Å². The van der Waals surface area contributed by atoms with Gasteiger partial charge in [0.05, 0.1) is 22.3 Å². The smallest absolute Gasteiger partial charge is 0.0948 e. The topological polar surface area (TPSA) is 63.8 Å². The minimum absolute atomic E-state index is 0.0288. The van der Waals surface area contributed by atoms with Gasteiger partial charge in [0.15, 0.2) is 0 Å². The van der Waals surface area contributed by atoms with E-state index >= 15 is 0 Å². The Kier molecular flexibility index (Phi) is 3.96. The van der Waals surface area contributed by atoms with Crippen molar-refractivity contribution in [3.63, 3.8) is 0 Å². The number of rotatable bonds is 4. The van der Waals surface area contributed by atoms with E-state index in [-0.39, 0.29) is 6.04 Å². The minimum atomic E-state index is -0.0288. The number of hydrazine groups is 1. The third-order valence-electron chi connectivity index (χ3n) is 3.55. The fourth-order valence-corrected chi connectivity index (χ4v) is 3.29. The largest absolute Gasteiger partial charge is 0.271 e. The molecule has 0 amide bonds. The van der Waals surface area contributed by atoms with E-state index in [9.17, 15) is 0 Å². The first-order valence-corrected chi connectivity index (χ1v) is 7.79. The van der Waals surface area contributed by atoms with E-state index in [1.165, 1.54) is 10.9 Å². The Morgan fingerprint density at radius 2 is 2.05 bits per heavy atom. The maximum Gasteiger partial charge on any atom is 0.0948 e. The Morgan fingerprint density at radius 1 is 1.24 bits per heavy atom. The maximum absolute atomic E-state index is 5.74. The molecule has 3 N–H and O–H groups in total. The van der Waals surface area contributed by atoms with Gasteiger partial charge in [-0.05, 0) is 31.5 Å². The van der Waals surface area contributed by atoms with Crippen molar-refractivity contribution in [2.24, 2.45) is 5.84 Å². The molecule has 2 heterocycles. The molecule has 0 saturated heterocycles. The van der Waals surface area contributed by atoms with E-state index in [0.717, 1.165) is 28.3 Å². The summed E-state index contributed by atoms with van der Waals surface area (Å²) < 4.78 is 0. The summed E-state index contributed by atoms with van der Waals surface area (Å²) in [6, 6.07) is 10.2. The average Bonchev–Trinajstić information content (AvgIpc) is 2.90. The number of aryl methyl sites for hydroxylation is 2. The summed E-state index contributed by atoms with van der Waals surface area (Å²) in [7, 11) is 0. The molecule has 0 aliphatic rings. The summed E-state index contributed by atoms with van der Waals surface area (Å²) in [5.74, 6) is 5.74. The molecule has 3 rings (SSSR count). The van der Waals surface area contributed by atoms with E-state index in [1.807, 2.05) is 25.1 Å². The number of nitrogens with two attached hydrogens (primary N) is 1. The number of thiazole rings is 1. The lowest BCUT2D eigenvalue weighted by atomic mass is 10.0. The van der Waals surface area contributed by atoms with Crippen molar-refractivity contribution < 1.29 is 0 Å². The molecular weight excluding hydrogens is 280 g/mol. The summed E-state index contributed by atoms with van der Waals surface area (Å²) in [4.78, 5) is 9.25. The number of fused-ring (bicyclic) bond motifs is 1. The minimum Gasteiger partial charge on any atom is -0.271 e. The molecule has 0 aliphatic carbocycles. The number of nitrogens with one attached hydrogen (secondary N) is 1. The number of para-hydroxylation sites is 1. The van der Waals surface area contributed by atoms with Gasteiger partial charge in [-0.1, -0.05) is 18.2 Å². The molecule has 3 aromatic rings. The third kappa shape index (κ3) is 2.95. The quantitative estimate of drug-likeness (QED) is 0.574. The predicted molar refractivity (Wildman–Crippen MR) is 87.1 cm³/mol. The van der Waals surface area contributed by atoms with Crippen LogP contribution in [-0.2, 0) is 6.42 Å². The molecule has 1 atom stereocenters. The lowest BCUT2D eigenvalue weighted by molar-refractivity contribution is 0.538. The Hall–Kier alpha value is -1.82. The molecule has 0 saturated carbocycles. The second-order valence-corrected chi connectivity index (χ2v) is 6.13. The van der Waals surface area contributed by atoms with Crippen LogP contribution in [0.25, 0.3) is 10.9 Å². The van der Waals surface area contributed by atoms with Gasteiger partial charge in [0.25, 0.3) is 0 Å². The van der Waals surface area contributed by atoms with E-state index in [1.54, 1.807) is 11.3 Å². The van der Waals surface area contributed by atoms with Gasteiger partial charge in [-0.2, -0.15) is 0 Å². The van der Waals surface area contributed by atoms with E-state index in [4.69, 9.17) is 10.8 Å². The van der Waals surface area contributed by atoms with Crippen LogP contribution in [0.5, 0.6) is 0 Å². The van der Waals surface area contributed by atoms with Gasteiger partial charge in [0.2, 0.25) is 0 Å². The molecule has 0 fully saturated rings. The lowest BCUT2D eigenvalue weighted by Crippen LogP contribution is -2.30. The summed E-state index contributed by atoms with van der Waals surface area (Å²) in [6.45, 7) is 4.11. The fraction of sp³-hybridized carbons (Fsp3) is 0.250. The molecule has 4 nitrogen and oxygen atoms in total. The molecule has 0 aliphatic heterocycles. The zero-order valence-corrected chi connectivity index (χ0v) is 12.9. The van der Waals surface area contributed by atoms with Crippen molar-refractivity contribution in [2.45, 2.75) is 26.3 Å². The second-order valence-electron chi connectivity index (χ2n) is 5.19. The van der Waals surface area contributed by atoms with Crippen molar-refractivity contribution in [1.82, 2.24) is 15.4 Å². The molecule has 2 aromatic heterocycles. The van der Waals surface area contributed by atoms with E-state index in [2.05, 4.69) is 34.8 Å². The second kappa shape index (κ2) is 5.89. The Morgan fingerprint density at radius 3 is 2.76 bits per heavy atom. The molecule has 0 bridgehead atoms. The Labute approximate surface area is 128 Å². The van der Waals surface area contributed by atoms with Gasteiger partial charge in [-0.15, -0.1) is 11.3 Å². The molecule has 1 aromatic carbocycles. The molecule has 1 unspecified atom stereocenters. The zero-order chi connectivity index (χ0) is 14.8. The van der Waals surface area contributed by atoms with Crippen LogP contribution in [-0.4, -0.2) is 9.97 Å². The van der Waals surface area contributed by atoms with Gasteiger partial charge in [-0.3, -0.25) is 16.3 Å². The number of pyridine rings is 1. The highest BCUT2D eigenvalue weighted by Crippen LogP contribution is 2.23. The maximum atomic E-state index is 5.74. The van der Waals surface area contributed by atoms with Gasteiger partial charge in [0.1, 0.15) is 0 Å². The average molecular weight is 298 g/mol. The van der Waals surface area contributed by atoms with Crippen molar-refractivity contribution in [2.75, 3.05) is 0 Å². The van der Waals surface area contributed by atoms with Crippen molar-refractivity contribution in [3.8, 4) is 0 Å². The Balaban J connectivity index is 1.96. The standard InChI is InChI=1S/C16H18N4S/c1-10-7-14(19-13-6-4-3-5-12(10)13)15(20-17)8-16-18-11(2)9-21-16/h3-7,9,15,20H,8,17H2,1-2H3. The van der Waals surface area contributed by atoms with Crippen LogP contribution >= 0.6 is 11.3 Å². The zero-order valence-electron chi connectivity index (χ0n) is 12.1. The number of aromatic nitrogens is 2. The normalized spacial score (nSPS) is 12.7. The first-order valence-electron chi connectivity index (χ1n) is 6.91. The van der Waals surface area contributed by atoms with Crippen LogP contribution in [0.2, 0.25) is 0 Å². The first-order chi connectivity index (χ1) is 10.2. The summed E-state index contributed by atoms with van der Waals surface area (Å²) >= 11 is 1.66. The lowest BCUT2D eigenvalue weighted by Gasteiger charge is -2.16. The summed E-state index contributed by atoms with van der Waals surface area (Å²) in [5, 5.41) is 4.31. The number of hydrogen-bond donors (Lipinski definition) is 2. The summed E-state index contributed by atoms with van der Waals surface area (Å²) in [5.41, 5.74) is 7.10. The van der Waals surface area contributed by atoms with Crippen LogP contribution in [0.4, 0.5) is 0 Å². The number of nitrogens with zero attached hydrogens (tertiary/aromatic N) is 2. The fourth-order valence-electron chi connectivity index (χ4n) is 2.47. The number of benzene rings is 1. The van der Waals surface area contributed by atoms with Crippen LogP contribution in [0.15, 0.2) is 35.7 Å². The van der Waals surface area contributed by atoms with Gasteiger partial charge in [0, 0.05) is 22.9 Å². The van der Waals surface area contributed by atoms with Crippen molar-refractivity contribution in [3.05, 3.63) is 57.7 Å². The predicted octanol–water partition coefficient (Wildman–Crippen LogP) is 3.06. The van der Waals surface area contributed by atoms with Gasteiger partial charge >= 0.3 is 0 Å². The molecule has 0 radical (unpaired) electrons. The van der Waals surface area contributed by atoms with Gasteiger partial charge < -0.3 is 0 Å². The van der Waals surface area contributed by atoms with Crippen LogP contribution in [0, 0.1) is 13.8 Å². The van der Waals surface area contributed by atoms with E-state index in [0.29, 0.717) is 0 Å². The monoisotopic (exact) mass is 298 g/mol. The Bertz CT molecular complexity index is 766. The molecule has 0 spiro atoms. The summed E-state index contributed by atoms with van der Waals surface area (Å²) in [6.07, 6.45) is 0.750. The molecule has 5 heteroatoms. The number of hydrogen-bond acceptors (Lipinski definition) is 5. The first kappa shape index (κ1) is 14.1. The third-order valence-corrected chi connectivity index (χ3v) is 4.54. The highest BCUT2D eigenvalue weighted by Gasteiger charge is 2.15. The SMILES string of the molecule is Cc1csc(CC(NN)c2cc(C)c3ccccc3n2)n1. The molecule has 108 valence electrons. The van der Waals surface area contributed by atoms with E-state index < -0.39 is 0 Å². The van der Waals surface area contributed by atoms with Crippen molar-refractivity contribution in [1.29, 1.82) is 0 Å². The van der Waals surface area contributed by atoms with Gasteiger partial charge in [-0.25, -0.2) is 4.98 Å². The highest BCUT2D eigenvalue weighted by atomic mass is 32.1. The van der Waals surface area contributed by atoms with Crippen molar-refractivity contribution >= 4 is 22.2 Å². The molecular formula is C16H18N4S. The highest BCUT2D eigenvalue weighted by molar-refractivity contribution is 7.09. The molecule has 21 heavy (non-hydrogen) atoms.